The summed E-state index contributed by atoms with van der Waals surface area (Å²) in [4.78, 5) is 0.806. The van der Waals surface area contributed by atoms with Gasteiger partial charge < -0.3 is 0 Å². The van der Waals surface area contributed by atoms with Gasteiger partial charge >= 0.3 is 107 Å². The summed E-state index contributed by atoms with van der Waals surface area (Å²) in [6.45, 7) is 0. The summed E-state index contributed by atoms with van der Waals surface area (Å²) in [5, 5.41) is 1.60. The second-order valence-corrected chi connectivity index (χ2v) is 5.54. The number of rotatable bonds is 4. The van der Waals surface area contributed by atoms with Crippen LogP contribution in [-0.2, 0) is 15.0 Å². The number of allylic oxidation sites excluding steroid dienone is 8. The van der Waals surface area contributed by atoms with Crippen LogP contribution in [0, 0.1) is 0 Å². The third-order valence-electron chi connectivity index (χ3n) is 2.17. The Labute approximate surface area is 107 Å². The van der Waals surface area contributed by atoms with Gasteiger partial charge in [-0.3, -0.25) is 0 Å². The fourth-order valence-corrected chi connectivity index (χ4v) is 3.36. The number of hydrogen-bond acceptors (Lipinski definition) is 2. The van der Waals surface area contributed by atoms with Gasteiger partial charge in [0.1, 0.15) is 0 Å². The van der Waals surface area contributed by atoms with Gasteiger partial charge in [-0.2, -0.15) is 0 Å². The standard InChI is InChI=1S/C7H5S2.C5H5.Fe/c8-5-7(9)6-3-1-2-4-6;1-2-4-5-3-1;/h1,3,5H,2H2;1-3H,4H2;. The Morgan fingerprint density at radius 3 is 2.87 bits per heavy atom. The Hall–Kier alpha value is -0.341. The van der Waals surface area contributed by atoms with Crippen molar-refractivity contribution in [3.63, 3.8) is 0 Å². The molecule has 15 heavy (non-hydrogen) atoms. The quantitative estimate of drug-likeness (QED) is 0.568. The molecule has 2 aliphatic carbocycles. The first-order chi connectivity index (χ1) is 7.31. The Morgan fingerprint density at radius 1 is 1.33 bits per heavy atom. The molecule has 0 aromatic carbocycles. The van der Waals surface area contributed by atoms with Gasteiger partial charge in [0.25, 0.3) is 0 Å². The summed E-state index contributed by atoms with van der Waals surface area (Å²) in [6.07, 6.45) is 12.9. The number of hydrogen-bond donors (Lipinski definition) is 0. The SMILES string of the molecule is S=CC(=S)C1=[C]([Fe][C]2=CC=CC2)CC=C1. The first kappa shape index (κ1) is 11.2. The van der Waals surface area contributed by atoms with E-state index in [1.54, 1.807) is 5.37 Å². The molecule has 0 bridgehead atoms. The zero-order valence-corrected chi connectivity index (χ0v) is 10.8. The molecule has 2 rings (SSSR count). The fraction of sp³-hybridized carbons (Fsp3) is 0.167. The monoisotopic (exact) mass is 274 g/mol. The normalized spacial score (nSPS) is 18.8. The van der Waals surface area contributed by atoms with Crippen molar-refractivity contribution in [2.45, 2.75) is 12.8 Å². The first-order valence-electron chi connectivity index (χ1n) is 4.68. The zero-order valence-electron chi connectivity index (χ0n) is 8.05. The third-order valence-corrected chi connectivity index (χ3v) is 4.51. The number of thiocarbonyl (C=S) groups is 2. The maximum absolute atomic E-state index is 5.23. The van der Waals surface area contributed by atoms with Gasteiger partial charge in [-0.05, 0) is 0 Å². The van der Waals surface area contributed by atoms with E-state index in [2.05, 4.69) is 30.4 Å². The van der Waals surface area contributed by atoms with E-state index >= 15 is 0 Å². The second kappa shape index (κ2) is 5.13. The zero-order chi connectivity index (χ0) is 10.7. The molecule has 2 aliphatic rings. The molecule has 0 heterocycles. The summed E-state index contributed by atoms with van der Waals surface area (Å²) in [5.41, 5.74) is 1.17. The van der Waals surface area contributed by atoms with Crippen LogP contribution in [-0.4, -0.2) is 10.2 Å². The van der Waals surface area contributed by atoms with Crippen LogP contribution >= 0.6 is 24.4 Å². The molecule has 0 spiro atoms. The van der Waals surface area contributed by atoms with Crippen LogP contribution in [0.2, 0.25) is 0 Å². The minimum atomic E-state index is 0.806. The van der Waals surface area contributed by atoms with Gasteiger partial charge in [-0.25, -0.2) is 0 Å². The van der Waals surface area contributed by atoms with E-state index in [1.807, 2.05) is 0 Å². The van der Waals surface area contributed by atoms with E-state index in [-0.39, 0.29) is 0 Å². The van der Waals surface area contributed by atoms with E-state index in [9.17, 15) is 0 Å². The average Bonchev–Trinajstić information content (AvgIpc) is 2.88. The van der Waals surface area contributed by atoms with Gasteiger partial charge in [0.2, 0.25) is 0 Å². The predicted molar refractivity (Wildman–Crippen MR) is 68.9 cm³/mol. The summed E-state index contributed by atoms with van der Waals surface area (Å²) in [6, 6.07) is 0. The fourth-order valence-electron chi connectivity index (χ4n) is 1.45. The van der Waals surface area contributed by atoms with Crippen molar-refractivity contribution in [2.75, 3.05) is 0 Å². The second-order valence-electron chi connectivity index (χ2n) is 3.21. The van der Waals surface area contributed by atoms with E-state index in [1.165, 1.54) is 14.5 Å². The molecule has 0 saturated heterocycles. The molecule has 0 aliphatic heterocycles. The van der Waals surface area contributed by atoms with Gasteiger partial charge in [-0.15, -0.1) is 0 Å². The van der Waals surface area contributed by atoms with Crippen LogP contribution < -0.4 is 0 Å². The minimum absolute atomic E-state index is 0.806. The van der Waals surface area contributed by atoms with Gasteiger partial charge in [0.05, 0.1) is 0 Å². The third kappa shape index (κ3) is 2.61. The summed E-state index contributed by atoms with van der Waals surface area (Å²) in [5.74, 6) is 0. The van der Waals surface area contributed by atoms with Gasteiger partial charge in [-0.1, -0.05) is 0 Å². The molecule has 0 N–H and O–H groups in total. The molecule has 0 aromatic rings. The van der Waals surface area contributed by atoms with Crippen LogP contribution in [0.3, 0.4) is 0 Å². The predicted octanol–water partition coefficient (Wildman–Crippen LogP) is 3.50. The molecule has 0 aromatic heterocycles. The molecule has 0 fully saturated rings. The topological polar surface area (TPSA) is 0 Å². The Morgan fingerprint density at radius 2 is 2.20 bits per heavy atom. The Bertz CT molecular complexity index is 425. The summed E-state index contributed by atoms with van der Waals surface area (Å²) >= 11 is 11.2. The van der Waals surface area contributed by atoms with Crippen LogP contribution in [0.4, 0.5) is 0 Å². The van der Waals surface area contributed by atoms with Crippen molar-refractivity contribution in [1.29, 1.82) is 0 Å². The van der Waals surface area contributed by atoms with Crippen molar-refractivity contribution in [3.05, 3.63) is 44.9 Å². The molecule has 0 unspecified atom stereocenters. The van der Waals surface area contributed by atoms with Crippen LogP contribution in [0.15, 0.2) is 44.9 Å². The summed E-state index contributed by atoms with van der Waals surface area (Å²) < 4.78 is 2.88. The average molecular weight is 274 g/mol. The van der Waals surface area contributed by atoms with Crippen LogP contribution in [0.1, 0.15) is 12.8 Å². The molecule has 0 atom stereocenters. The summed E-state index contributed by atoms with van der Waals surface area (Å²) in [7, 11) is 0. The first-order valence-corrected chi connectivity index (χ1v) is 6.67. The molecular weight excluding hydrogens is 264 g/mol. The van der Waals surface area contributed by atoms with Crippen LogP contribution in [0.5, 0.6) is 0 Å². The molecule has 0 amide bonds. The van der Waals surface area contributed by atoms with Crippen molar-refractivity contribution in [3.8, 4) is 0 Å². The van der Waals surface area contributed by atoms with Crippen molar-refractivity contribution in [2.24, 2.45) is 0 Å². The van der Waals surface area contributed by atoms with Gasteiger partial charge in [0, 0.05) is 0 Å². The Balaban J connectivity index is 2.14. The molecule has 0 radical (unpaired) electrons. The van der Waals surface area contributed by atoms with E-state index in [0.717, 1.165) is 32.7 Å². The van der Waals surface area contributed by atoms with Gasteiger partial charge in [0.15, 0.2) is 0 Å². The van der Waals surface area contributed by atoms with E-state index in [0.29, 0.717) is 0 Å². The van der Waals surface area contributed by atoms with Crippen molar-refractivity contribution in [1.82, 2.24) is 0 Å². The molecular formula is C12H10FeS2. The van der Waals surface area contributed by atoms with E-state index < -0.39 is 0 Å². The maximum atomic E-state index is 5.23. The Kier molecular flexibility index (Phi) is 3.81. The molecule has 3 heteroatoms. The van der Waals surface area contributed by atoms with Crippen LogP contribution in [0.25, 0.3) is 0 Å². The molecule has 0 nitrogen and oxygen atoms in total. The van der Waals surface area contributed by atoms with Crippen molar-refractivity contribution >= 4 is 34.7 Å². The van der Waals surface area contributed by atoms with Crippen molar-refractivity contribution < 1.29 is 15.0 Å². The van der Waals surface area contributed by atoms with E-state index in [4.69, 9.17) is 24.4 Å². The molecule has 0 saturated carbocycles. The molecule has 78 valence electrons.